The van der Waals surface area contributed by atoms with E-state index in [9.17, 15) is 52.7 Å². The predicted molar refractivity (Wildman–Crippen MR) is 143 cm³/mol. The van der Waals surface area contributed by atoms with Gasteiger partial charge in [0.15, 0.2) is 0 Å². The van der Waals surface area contributed by atoms with Crippen LogP contribution < -0.4 is 0 Å². The van der Waals surface area contributed by atoms with Gasteiger partial charge in [0, 0.05) is 12.8 Å². The summed E-state index contributed by atoms with van der Waals surface area (Å²) in [6.07, 6.45) is 7.44. The molecule has 0 atom stereocenters. The number of hydrogen-bond acceptors (Lipinski definition) is 0. The summed E-state index contributed by atoms with van der Waals surface area (Å²) in [7, 11) is 0. The van der Waals surface area contributed by atoms with Crippen molar-refractivity contribution in [1.29, 1.82) is 0 Å². The molecule has 0 amide bonds. The summed E-state index contributed by atoms with van der Waals surface area (Å²) in [5.74, 6) is -40.6. The second-order valence-corrected chi connectivity index (χ2v) is 11.6. The average Bonchev–Trinajstić information content (AvgIpc) is 2.90. The third kappa shape index (κ3) is 11.6. The minimum atomic E-state index is -7.45. The van der Waals surface area contributed by atoms with Crippen molar-refractivity contribution in [2.24, 2.45) is 0 Å². The molecule has 0 saturated carbocycles. The zero-order valence-corrected chi connectivity index (χ0v) is 25.1. The number of rotatable bonds is 27. The second-order valence-electron chi connectivity index (χ2n) is 11.6. The molecule has 12 heteroatoms. The molecule has 0 radical (unpaired) electrons. The van der Waals surface area contributed by atoms with E-state index in [1.165, 1.54) is 0 Å². The van der Waals surface area contributed by atoms with Gasteiger partial charge in [-0.1, -0.05) is 129 Å². The Morgan fingerprint density at radius 2 is 0.452 bits per heavy atom. The van der Waals surface area contributed by atoms with E-state index in [0.717, 1.165) is 77.0 Å². The van der Waals surface area contributed by atoms with Gasteiger partial charge in [-0.25, -0.2) is 0 Å². The molecule has 0 aromatic heterocycles. The lowest BCUT2D eigenvalue weighted by molar-refractivity contribution is -0.425. The quantitative estimate of drug-likeness (QED) is 0.0620. The highest BCUT2D eigenvalue weighted by Gasteiger charge is 2.89. The van der Waals surface area contributed by atoms with E-state index in [1.54, 1.807) is 0 Å². The SMILES string of the molecule is CCCCCCCCCCCCC(F)(F)C(F)(F)C(F)(F)C(F)(F)C(F)(F)C(F)(F)CCCCCCCCCCCC. The maximum absolute atomic E-state index is 14.1. The number of unbranched alkanes of at least 4 members (excludes halogenated alkanes) is 18. The molecular weight excluding hydrogens is 588 g/mol. The first kappa shape index (κ1) is 41.2. The van der Waals surface area contributed by atoms with Crippen LogP contribution in [0.5, 0.6) is 0 Å². The van der Waals surface area contributed by atoms with E-state index >= 15 is 0 Å². The summed E-state index contributed by atoms with van der Waals surface area (Å²) < 4.78 is 170. The molecule has 0 bridgehead atoms. The molecule has 0 fully saturated rings. The second kappa shape index (κ2) is 18.8. The highest BCUT2D eigenvalue weighted by atomic mass is 19.4. The Morgan fingerprint density at radius 1 is 0.262 bits per heavy atom. The topological polar surface area (TPSA) is 0 Å². The van der Waals surface area contributed by atoms with Gasteiger partial charge in [0.25, 0.3) is 0 Å². The number of halogens is 12. The lowest BCUT2D eigenvalue weighted by atomic mass is 9.88. The maximum Gasteiger partial charge on any atom is 0.384 e. The highest BCUT2D eigenvalue weighted by molar-refractivity contribution is 5.11. The predicted octanol–water partition coefficient (Wildman–Crippen LogP) is 13.4. The van der Waals surface area contributed by atoms with Crippen molar-refractivity contribution in [3.05, 3.63) is 0 Å². The van der Waals surface area contributed by atoms with E-state index in [0.29, 0.717) is 25.7 Å². The minimum absolute atomic E-state index is 0.102. The molecule has 0 unspecified atom stereocenters. The van der Waals surface area contributed by atoms with Crippen molar-refractivity contribution in [1.82, 2.24) is 0 Å². The van der Waals surface area contributed by atoms with Crippen LogP contribution in [0.3, 0.4) is 0 Å². The first-order valence-corrected chi connectivity index (χ1v) is 15.6. The molecule has 42 heavy (non-hydrogen) atoms. The van der Waals surface area contributed by atoms with Crippen LogP contribution in [0, 0.1) is 0 Å². The minimum Gasteiger partial charge on any atom is -0.200 e. The fourth-order valence-corrected chi connectivity index (χ4v) is 4.84. The molecule has 0 N–H and O–H groups in total. The smallest absolute Gasteiger partial charge is 0.200 e. The summed E-state index contributed by atoms with van der Waals surface area (Å²) in [5.41, 5.74) is 0. The molecule has 0 aliphatic heterocycles. The first-order chi connectivity index (χ1) is 19.4. The molecule has 0 saturated heterocycles. The van der Waals surface area contributed by atoms with E-state index in [2.05, 4.69) is 0 Å². The third-order valence-electron chi connectivity index (χ3n) is 7.79. The van der Waals surface area contributed by atoms with Crippen LogP contribution in [0.1, 0.15) is 155 Å². The molecule has 0 spiro atoms. The van der Waals surface area contributed by atoms with Crippen molar-refractivity contribution in [2.75, 3.05) is 0 Å². The van der Waals surface area contributed by atoms with Gasteiger partial charge < -0.3 is 0 Å². The van der Waals surface area contributed by atoms with Gasteiger partial charge in [-0.15, -0.1) is 0 Å². The van der Waals surface area contributed by atoms with Crippen molar-refractivity contribution in [3.63, 3.8) is 0 Å². The Morgan fingerprint density at radius 3 is 0.667 bits per heavy atom. The normalized spacial score (nSPS) is 14.1. The Bertz CT molecular complexity index is 634. The Labute approximate surface area is 243 Å². The largest absolute Gasteiger partial charge is 0.384 e. The Hall–Kier alpha value is -0.840. The van der Waals surface area contributed by atoms with Crippen LogP contribution in [0.2, 0.25) is 0 Å². The van der Waals surface area contributed by atoms with E-state index < -0.39 is 61.2 Å². The maximum atomic E-state index is 14.1. The molecule has 254 valence electrons. The summed E-state index contributed by atoms with van der Waals surface area (Å²) in [6.45, 7) is 4.08. The fourth-order valence-electron chi connectivity index (χ4n) is 4.84. The summed E-state index contributed by atoms with van der Waals surface area (Å²) in [6, 6.07) is 0. The molecule has 0 rings (SSSR count). The Balaban J connectivity index is 4.99. The van der Waals surface area contributed by atoms with Crippen molar-refractivity contribution in [2.45, 2.75) is 191 Å². The molecule has 0 aromatic carbocycles. The van der Waals surface area contributed by atoms with Crippen LogP contribution >= 0.6 is 0 Å². The van der Waals surface area contributed by atoms with Crippen molar-refractivity contribution < 1.29 is 52.7 Å². The first-order valence-electron chi connectivity index (χ1n) is 15.6. The van der Waals surface area contributed by atoms with Gasteiger partial charge >= 0.3 is 35.5 Å². The van der Waals surface area contributed by atoms with Gasteiger partial charge in [0.05, 0.1) is 0 Å². The lowest BCUT2D eigenvalue weighted by Crippen LogP contribution is -2.70. The summed E-state index contributed by atoms with van der Waals surface area (Å²) in [4.78, 5) is 0. The molecule has 0 aliphatic rings. The number of alkyl halides is 12. The van der Waals surface area contributed by atoms with Gasteiger partial charge in [0.2, 0.25) is 0 Å². The van der Waals surface area contributed by atoms with Gasteiger partial charge in [0.1, 0.15) is 0 Å². The average molecular weight is 639 g/mol. The third-order valence-corrected chi connectivity index (χ3v) is 7.79. The molecule has 0 aliphatic carbocycles. The van der Waals surface area contributed by atoms with Crippen LogP contribution in [-0.2, 0) is 0 Å². The zero-order valence-electron chi connectivity index (χ0n) is 25.1. The van der Waals surface area contributed by atoms with Gasteiger partial charge in [-0.3, -0.25) is 0 Å². The van der Waals surface area contributed by atoms with Crippen molar-refractivity contribution in [3.8, 4) is 0 Å². The fraction of sp³-hybridized carbons (Fsp3) is 1.00. The summed E-state index contributed by atoms with van der Waals surface area (Å²) in [5, 5.41) is 0. The van der Waals surface area contributed by atoms with Gasteiger partial charge in [-0.2, -0.15) is 52.7 Å². The lowest BCUT2D eigenvalue weighted by Gasteiger charge is -2.41. The monoisotopic (exact) mass is 638 g/mol. The summed E-state index contributed by atoms with van der Waals surface area (Å²) >= 11 is 0. The molecule has 0 heterocycles. The van der Waals surface area contributed by atoms with Gasteiger partial charge in [-0.05, 0) is 12.8 Å². The Kier molecular flexibility index (Phi) is 18.5. The van der Waals surface area contributed by atoms with Crippen LogP contribution in [0.25, 0.3) is 0 Å². The van der Waals surface area contributed by atoms with Crippen LogP contribution in [-0.4, -0.2) is 35.5 Å². The van der Waals surface area contributed by atoms with Crippen LogP contribution in [0.15, 0.2) is 0 Å². The van der Waals surface area contributed by atoms with E-state index in [4.69, 9.17) is 0 Å². The molecule has 0 nitrogen and oxygen atoms in total. The highest BCUT2D eigenvalue weighted by Crippen LogP contribution is 2.61. The van der Waals surface area contributed by atoms with E-state index in [-0.39, 0.29) is 12.8 Å². The molecular formula is C30H50F12. The van der Waals surface area contributed by atoms with Crippen molar-refractivity contribution >= 4 is 0 Å². The zero-order chi connectivity index (χ0) is 32.6. The van der Waals surface area contributed by atoms with Crippen LogP contribution in [0.4, 0.5) is 52.7 Å². The standard InChI is InChI=1S/C30H50F12/c1-3-5-7-9-11-13-15-17-19-21-23-25(31,32)27(35,36)29(39,40)30(41,42)28(37,38)26(33,34)24-22-20-18-16-14-12-10-8-6-4-2/h3-24H2,1-2H3. The molecule has 0 aromatic rings. The number of hydrogen-bond donors (Lipinski definition) is 0. The van der Waals surface area contributed by atoms with E-state index in [1.807, 2.05) is 13.8 Å².